The molecule has 0 aliphatic rings. The van der Waals surface area contributed by atoms with Crippen LogP contribution >= 0.6 is 0 Å². The summed E-state index contributed by atoms with van der Waals surface area (Å²) in [7, 11) is 0. The molecular formula is C89H51N3O4. The maximum atomic E-state index is 6.78. The Labute approximate surface area is 547 Å². The Bertz CT molecular complexity index is 6530. The number of aromatic nitrogens is 3. The highest BCUT2D eigenvalue weighted by atomic mass is 16.3. The van der Waals surface area contributed by atoms with Crippen molar-refractivity contribution in [2.75, 3.05) is 0 Å². The second kappa shape index (κ2) is 20.3. The lowest BCUT2D eigenvalue weighted by atomic mass is 9.95. The summed E-state index contributed by atoms with van der Waals surface area (Å²) in [5, 5.41) is 13.1. The molecule has 0 atom stereocenters. The second-order valence-corrected chi connectivity index (χ2v) is 25.3. The van der Waals surface area contributed by atoms with Crippen LogP contribution in [0, 0.1) is 0 Å². The first-order valence-corrected chi connectivity index (χ1v) is 32.5. The van der Waals surface area contributed by atoms with Gasteiger partial charge in [0.2, 0.25) is 0 Å². The summed E-state index contributed by atoms with van der Waals surface area (Å²) < 4.78 is 31.2. The summed E-state index contributed by atoms with van der Waals surface area (Å²) in [4.78, 5) is 5.57. The molecule has 0 N–H and O–H groups in total. The number of hydrogen-bond donors (Lipinski definition) is 0. The van der Waals surface area contributed by atoms with Crippen molar-refractivity contribution in [1.82, 2.24) is 14.1 Å². The van der Waals surface area contributed by atoms with E-state index in [1.54, 1.807) is 0 Å². The number of para-hydroxylation sites is 6. The van der Waals surface area contributed by atoms with Gasteiger partial charge >= 0.3 is 0 Å². The van der Waals surface area contributed by atoms with E-state index in [0.717, 1.165) is 210 Å². The number of fused-ring (bicyclic) bond motifs is 18. The highest BCUT2D eigenvalue weighted by molar-refractivity contribution is 6.20. The average molecular weight is 1230 g/mol. The van der Waals surface area contributed by atoms with Gasteiger partial charge in [0.1, 0.15) is 44.7 Å². The van der Waals surface area contributed by atoms with Gasteiger partial charge in [-0.25, -0.2) is 4.98 Å². The van der Waals surface area contributed by atoms with Gasteiger partial charge in [-0.15, -0.1) is 0 Å². The first-order valence-electron chi connectivity index (χ1n) is 32.5. The third kappa shape index (κ3) is 7.98. The van der Waals surface area contributed by atoms with Crippen molar-refractivity contribution in [3.63, 3.8) is 0 Å². The Morgan fingerprint density at radius 1 is 0.198 bits per heavy atom. The summed E-state index contributed by atoms with van der Waals surface area (Å²) in [6, 6.07) is 111. The summed E-state index contributed by atoms with van der Waals surface area (Å²) in [5.74, 6) is 0. The number of pyridine rings is 1. The standard InChI is InChI=1S/C89H51N3O4/c1-3-17-52(18-4-1)62-25-15-27-68-74-44-54(33-37-86(74)95-88(62)68)58-41-59(55-34-38-87-75(45-55)69-28-16-26-63(89(69)96-87)53-19-5-2-6-20-53)43-60(42-58)91-78-29-11-7-21-64(78)70-51-81-71(50-80(70)91)65-22-8-12-30-79(65)92(81)61-48-76(56-35-39-84-72(46-56)66-23-9-13-31-82(66)93-84)90-77(49-61)57-36-40-85-73(47-57)67-24-10-14-32-83(67)94-85/h1-51H. The lowest BCUT2D eigenvalue weighted by molar-refractivity contribution is 0.668. The van der Waals surface area contributed by atoms with Crippen LogP contribution in [0.3, 0.4) is 0 Å². The molecule has 7 heteroatoms. The van der Waals surface area contributed by atoms with Gasteiger partial charge in [-0.05, 0) is 161 Å². The maximum absolute atomic E-state index is 6.78. The SMILES string of the molecule is c1ccc(-c2cccc3c2oc2ccc(-c4cc(-c5ccc6oc7c(-c8ccccc8)cccc7c6c5)cc(-n5c6ccccc6c6cc7c(cc65)c5ccccc5n7-c5cc(-c6ccc7oc8ccccc8c7c6)nc(-c6ccc7oc8ccccc8c7c6)c5)c4)cc23)cc1. The lowest BCUT2D eigenvalue weighted by Gasteiger charge is -2.15. The zero-order chi connectivity index (χ0) is 62.7. The topological polar surface area (TPSA) is 75.3 Å². The van der Waals surface area contributed by atoms with Gasteiger partial charge in [-0.3, -0.25) is 0 Å². The molecule has 0 unspecified atom stereocenters. The van der Waals surface area contributed by atoms with Crippen molar-refractivity contribution in [1.29, 1.82) is 0 Å². The predicted octanol–water partition coefficient (Wildman–Crippen LogP) is 24.9. The Morgan fingerprint density at radius 2 is 0.562 bits per heavy atom. The van der Waals surface area contributed by atoms with Crippen LogP contribution in [0.2, 0.25) is 0 Å². The van der Waals surface area contributed by atoms with Crippen LogP contribution in [0.15, 0.2) is 327 Å². The first-order chi connectivity index (χ1) is 47.5. The van der Waals surface area contributed by atoms with Crippen molar-refractivity contribution in [2.45, 2.75) is 0 Å². The molecule has 446 valence electrons. The van der Waals surface area contributed by atoms with Crippen LogP contribution in [0.1, 0.15) is 0 Å². The first kappa shape index (κ1) is 52.6. The van der Waals surface area contributed by atoms with E-state index >= 15 is 0 Å². The molecule has 0 bridgehead atoms. The van der Waals surface area contributed by atoms with Crippen LogP contribution in [0.5, 0.6) is 0 Å². The second-order valence-electron chi connectivity index (χ2n) is 25.3. The number of furan rings is 4. The molecule has 0 aliphatic carbocycles. The Hall–Kier alpha value is -13.0. The summed E-state index contributed by atoms with van der Waals surface area (Å²) in [5.41, 5.74) is 25.6. The van der Waals surface area contributed by atoms with Gasteiger partial charge in [0.05, 0.1) is 39.1 Å². The van der Waals surface area contributed by atoms with E-state index in [0.29, 0.717) is 0 Å². The number of nitrogens with zero attached hydrogens (tertiary/aromatic N) is 3. The molecule has 0 aliphatic heterocycles. The molecule has 96 heavy (non-hydrogen) atoms. The molecule has 14 aromatic carbocycles. The van der Waals surface area contributed by atoms with Gasteiger partial charge in [0.15, 0.2) is 0 Å². The normalized spacial score (nSPS) is 12.2. The van der Waals surface area contributed by atoms with Crippen LogP contribution in [-0.4, -0.2) is 14.1 Å². The molecule has 7 heterocycles. The average Bonchev–Trinajstić information content (AvgIpc) is 1.57. The molecule has 0 saturated carbocycles. The van der Waals surface area contributed by atoms with Crippen molar-refractivity contribution in [3.05, 3.63) is 309 Å². The van der Waals surface area contributed by atoms with Crippen molar-refractivity contribution < 1.29 is 17.7 Å². The molecule has 21 rings (SSSR count). The molecule has 7 aromatic heterocycles. The smallest absolute Gasteiger partial charge is 0.143 e. The fourth-order valence-corrected chi connectivity index (χ4v) is 15.4. The largest absolute Gasteiger partial charge is 0.456 e. The number of rotatable bonds is 8. The van der Waals surface area contributed by atoms with Crippen LogP contribution in [-0.2, 0) is 0 Å². The van der Waals surface area contributed by atoms with E-state index in [1.807, 2.05) is 24.3 Å². The van der Waals surface area contributed by atoms with Gasteiger partial charge in [-0.2, -0.15) is 0 Å². The van der Waals surface area contributed by atoms with Gasteiger partial charge in [0.25, 0.3) is 0 Å². The number of hydrogen-bond acceptors (Lipinski definition) is 5. The Kier molecular flexibility index (Phi) is 11.1. The predicted molar refractivity (Wildman–Crippen MR) is 395 cm³/mol. The van der Waals surface area contributed by atoms with E-state index in [-0.39, 0.29) is 0 Å². The van der Waals surface area contributed by atoms with E-state index in [1.165, 1.54) is 0 Å². The van der Waals surface area contributed by atoms with E-state index in [9.17, 15) is 0 Å². The van der Waals surface area contributed by atoms with Gasteiger partial charge in [-0.1, -0.05) is 182 Å². The van der Waals surface area contributed by atoms with Crippen molar-refractivity contribution in [3.8, 4) is 78.4 Å². The molecule has 0 radical (unpaired) electrons. The molecule has 0 spiro atoms. The van der Waals surface area contributed by atoms with Crippen LogP contribution in [0.25, 0.3) is 210 Å². The summed E-state index contributed by atoms with van der Waals surface area (Å²) in [6.45, 7) is 0. The molecular weight excluding hydrogens is 1170 g/mol. The minimum Gasteiger partial charge on any atom is -0.456 e. The van der Waals surface area contributed by atoms with E-state index in [4.69, 9.17) is 22.7 Å². The fraction of sp³-hybridized carbons (Fsp3) is 0. The van der Waals surface area contributed by atoms with Crippen molar-refractivity contribution >= 4 is 131 Å². The molecule has 21 aromatic rings. The fourth-order valence-electron chi connectivity index (χ4n) is 15.4. The zero-order valence-corrected chi connectivity index (χ0v) is 51.4. The van der Waals surface area contributed by atoms with Crippen molar-refractivity contribution in [2.24, 2.45) is 0 Å². The minimum atomic E-state index is 0.840. The lowest BCUT2D eigenvalue weighted by Crippen LogP contribution is -1.98. The van der Waals surface area contributed by atoms with E-state index in [2.05, 4.69) is 294 Å². The van der Waals surface area contributed by atoms with E-state index < -0.39 is 0 Å². The monoisotopic (exact) mass is 1230 g/mol. The molecule has 0 saturated heterocycles. The Morgan fingerprint density at radius 3 is 1.04 bits per heavy atom. The van der Waals surface area contributed by atoms with Crippen LogP contribution < -0.4 is 0 Å². The van der Waals surface area contributed by atoms with Gasteiger partial charge in [0, 0.05) is 92.6 Å². The van der Waals surface area contributed by atoms with Gasteiger partial charge < -0.3 is 26.8 Å². The van der Waals surface area contributed by atoms with Crippen LogP contribution in [0.4, 0.5) is 0 Å². The quantitative estimate of drug-likeness (QED) is 0.152. The molecule has 7 nitrogen and oxygen atoms in total. The third-order valence-electron chi connectivity index (χ3n) is 19.9. The molecule has 0 fully saturated rings. The summed E-state index contributed by atoms with van der Waals surface area (Å²) >= 11 is 0. The third-order valence-corrected chi connectivity index (χ3v) is 19.9. The maximum Gasteiger partial charge on any atom is 0.143 e. The highest BCUT2D eigenvalue weighted by Crippen LogP contribution is 2.46. The Balaban J connectivity index is 0.789. The highest BCUT2D eigenvalue weighted by Gasteiger charge is 2.24. The number of benzene rings is 14. The minimum absolute atomic E-state index is 0.840. The zero-order valence-electron chi connectivity index (χ0n) is 51.4. The summed E-state index contributed by atoms with van der Waals surface area (Å²) in [6.07, 6.45) is 0. The molecule has 0 amide bonds.